The molecule has 3 atom stereocenters. The maximum Gasteiger partial charge on any atom is 0.508 e. The molecule has 0 spiro atoms. The van der Waals surface area contributed by atoms with Gasteiger partial charge in [-0.15, -0.1) is 6.42 Å². The summed E-state index contributed by atoms with van der Waals surface area (Å²) in [6.07, 6.45) is 5.48. The molecule has 3 heterocycles. The molecule has 2 aromatic rings. The standard InChI is InChI=1S/C17H19ClN4O5/c1-3-7-25-16(24)26-9-17(4-2)11(23)8-12(27-17)22-6-5-10-13(19)20-15(18)21-14(10)22/h2,5-6,11-12,23H,3,7-9H2,1H3,(H2,19,20,21)/t11-,12+,17+/m0/s1. The van der Waals surface area contributed by atoms with E-state index in [4.69, 9.17) is 38.0 Å². The van der Waals surface area contributed by atoms with Crippen LogP contribution in [0.2, 0.25) is 5.28 Å². The largest absolute Gasteiger partial charge is 0.508 e. The predicted molar refractivity (Wildman–Crippen MR) is 96.9 cm³/mol. The lowest BCUT2D eigenvalue weighted by atomic mass is 9.99. The summed E-state index contributed by atoms with van der Waals surface area (Å²) in [5, 5.41) is 11.1. The third-order valence-corrected chi connectivity index (χ3v) is 4.44. The van der Waals surface area contributed by atoms with Crippen molar-refractivity contribution in [2.45, 2.75) is 37.7 Å². The first kappa shape index (κ1) is 19.2. The van der Waals surface area contributed by atoms with Gasteiger partial charge in [0.25, 0.3) is 0 Å². The molecule has 1 fully saturated rings. The topological polar surface area (TPSA) is 122 Å². The molecule has 0 aliphatic carbocycles. The number of carbonyl (C=O) groups excluding carboxylic acids is 1. The Morgan fingerprint density at radius 1 is 1.59 bits per heavy atom. The zero-order chi connectivity index (χ0) is 19.6. The van der Waals surface area contributed by atoms with Gasteiger partial charge in [-0.05, 0) is 24.1 Å². The van der Waals surface area contributed by atoms with Gasteiger partial charge in [0.2, 0.25) is 5.28 Å². The zero-order valence-electron chi connectivity index (χ0n) is 14.6. The average Bonchev–Trinajstić information content (AvgIpc) is 3.19. The van der Waals surface area contributed by atoms with E-state index in [0.717, 1.165) is 0 Å². The minimum absolute atomic E-state index is 0.0105. The molecule has 144 valence electrons. The first-order chi connectivity index (χ1) is 12.9. The number of aromatic nitrogens is 3. The maximum absolute atomic E-state index is 11.6. The smallest absolute Gasteiger partial charge is 0.434 e. The molecule has 0 saturated carbocycles. The van der Waals surface area contributed by atoms with Crippen LogP contribution in [-0.4, -0.2) is 50.7 Å². The summed E-state index contributed by atoms with van der Waals surface area (Å²) in [4.78, 5) is 19.6. The maximum atomic E-state index is 11.6. The van der Waals surface area contributed by atoms with E-state index in [1.807, 2.05) is 6.92 Å². The molecule has 9 nitrogen and oxygen atoms in total. The second kappa shape index (κ2) is 7.60. The summed E-state index contributed by atoms with van der Waals surface area (Å²) in [7, 11) is 0. The molecule has 1 saturated heterocycles. The highest BCUT2D eigenvalue weighted by Gasteiger charge is 2.49. The number of carbonyl (C=O) groups is 1. The van der Waals surface area contributed by atoms with E-state index in [-0.39, 0.29) is 30.7 Å². The number of halogens is 1. The SMILES string of the molecule is C#C[C@]1(COC(=O)OCCC)O[C@@H](n2ccc3c(N)nc(Cl)nc32)C[C@@H]1O. The molecule has 1 aliphatic rings. The molecule has 0 radical (unpaired) electrons. The molecule has 27 heavy (non-hydrogen) atoms. The summed E-state index contributed by atoms with van der Waals surface area (Å²) in [5.41, 5.74) is 4.79. The Bertz CT molecular complexity index is 895. The van der Waals surface area contributed by atoms with Gasteiger partial charge in [0.15, 0.2) is 5.60 Å². The normalized spacial score (nSPS) is 24.7. The van der Waals surface area contributed by atoms with Gasteiger partial charge < -0.3 is 29.6 Å². The van der Waals surface area contributed by atoms with E-state index in [9.17, 15) is 9.90 Å². The number of aliphatic hydroxyl groups excluding tert-OH is 1. The highest BCUT2D eigenvalue weighted by atomic mass is 35.5. The van der Waals surface area contributed by atoms with Gasteiger partial charge in [0, 0.05) is 12.6 Å². The number of nitrogen functional groups attached to an aromatic ring is 1. The molecule has 0 aromatic carbocycles. The van der Waals surface area contributed by atoms with Crippen LogP contribution >= 0.6 is 11.6 Å². The summed E-state index contributed by atoms with van der Waals surface area (Å²) in [6.45, 7) is 1.74. The van der Waals surface area contributed by atoms with Gasteiger partial charge in [-0.2, -0.15) is 4.98 Å². The van der Waals surface area contributed by atoms with E-state index < -0.39 is 24.1 Å². The summed E-state index contributed by atoms with van der Waals surface area (Å²) < 4.78 is 17.4. The number of aliphatic hydroxyl groups is 1. The lowest BCUT2D eigenvalue weighted by molar-refractivity contribution is -0.0978. The molecular formula is C17H19ClN4O5. The van der Waals surface area contributed by atoms with Gasteiger partial charge in [0.1, 0.15) is 30.4 Å². The van der Waals surface area contributed by atoms with Crippen molar-refractivity contribution in [3.05, 3.63) is 17.5 Å². The monoisotopic (exact) mass is 394 g/mol. The Hall–Kier alpha value is -2.54. The molecule has 0 bridgehead atoms. The van der Waals surface area contributed by atoms with E-state index in [2.05, 4.69) is 15.9 Å². The number of hydrogen-bond acceptors (Lipinski definition) is 8. The number of ether oxygens (including phenoxy) is 3. The lowest BCUT2D eigenvalue weighted by Crippen LogP contribution is -2.43. The predicted octanol–water partition coefficient (Wildman–Crippen LogP) is 1.88. The van der Waals surface area contributed by atoms with Gasteiger partial charge >= 0.3 is 6.16 Å². The van der Waals surface area contributed by atoms with Crippen molar-refractivity contribution in [2.75, 3.05) is 18.9 Å². The number of rotatable bonds is 5. The first-order valence-electron chi connectivity index (χ1n) is 8.33. The van der Waals surface area contributed by atoms with Crippen LogP contribution in [0.5, 0.6) is 0 Å². The molecule has 2 aromatic heterocycles. The molecule has 3 N–H and O–H groups in total. The van der Waals surface area contributed by atoms with Crippen LogP contribution in [-0.2, 0) is 14.2 Å². The number of nitrogens with zero attached hydrogens (tertiary/aromatic N) is 3. The second-order valence-electron chi connectivity index (χ2n) is 6.08. The van der Waals surface area contributed by atoms with Crippen LogP contribution in [0.25, 0.3) is 11.0 Å². The average molecular weight is 395 g/mol. The van der Waals surface area contributed by atoms with E-state index >= 15 is 0 Å². The number of terminal acetylenes is 1. The van der Waals surface area contributed by atoms with Gasteiger partial charge in [-0.1, -0.05) is 12.8 Å². The van der Waals surface area contributed by atoms with Crippen molar-refractivity contribution >= 4 is 34.6 Å². The third-order valence-electron chi connectivity index (χ3n) is 4.27. The van der Waals surface area contributed by atoms with Crippen molar-refractivity contribution in [3.8, 4) is 12.3 Å². The second-order valence-corrected chi connectivity index (χ2v) is 6.42. The fraction of sp³-hybridized carbons (Fsp3) is 0.471. The first-order valence-corrected chi connectivity index (χ1v) is 8.70. The fourth-order valence-electron chi connectivity index (χ4n) is 2.88. The molecule has 3 rings (SSSR count). The van der Waals surface area contributed by atoms with E-state index in [1.165, 1.54) is 0 Å². The van der Waals surface area contributed by atoms with Crippen LogP contribution in [0.15, 0.2) is 12.3 Å². The Labute approximate surface area is 160 Å². The number of anilines is 1. The molecule has 0 amide bonds. The zero-order valence-corrected chi connectivity index (χ0v) is 15.3. The highest BCUT2D eigenvalue weighted by Crippen LogP contribution is 2.39. The molecule has 1 aliphatic heterocycles. The van der Waals surface area contributed by atoms with Gasteiger partial charge in [-0.3, -0.25) is 0 Å². The van der Waals surface area contributed by atoms with E-state index in [0.29, 0.717) is 17.5 Å². The van der Waals surface area contributed by atoms with Crippen LogP contribution in [0, 0.1) is 12.3 Å². The summed E-state index contributed by atoms with van der Waals surface area (Å²) >= 11 is 5.89. The van der Waals surface area contributed by atoms with E-state index in [1.54, 1.807) is 16.8 Å². The highest BCUT2D eigenvalue weighted by molar-refractivity contribution is 6.28. The van der Waals surface area contributed by atoms with Crippen molar-refractivity contribution in [3.63, 3.8) is 0 Å². The van der Waals surface area contributed by atoms with Crippen LogP contribution in [0.1, 0.15) is 26.0 Å². The summed E-state index contributed by atoms with van der Waals surface area (Å²) in [5.74, 6) is 2.63. The molecular weight excluding hydrogens is 376 g/mol. The Morgan fingerprint density at radius 3 is 3.07 bits per heavy atom. The van der Waals surface area contributed by atoms with Crippen molar-refractivity contribution in [1.82, 2.24) is 14.5 Å². The Kier molecular flexibility index (Phi) is 5.41. The van der Waals surface area contributed by atoms with Crippen LogP contribution in [0.4, 0.5) is 10.6 Å². The van der Waals surface area contributed by atoms with Crippen molar-refractivity contribution in [2.24, 2.45) is 0 Å². The Morgan fingerprint density at radius 2 is 2.37 bits per heavy atom. The van der Waals surface area contributed by atoms with Crippen molar-refractivity contribution in [1.29, 1.82) is 0 Å². The molecule has 0 unspecified atom stereocenters. The van der Waals surface area contributed by atoms with Crippen LogP contribution < -0.4 is 5.73 Å². The Balaban J connectivity index is 1.81. The summed E-state index contributed by atoms with van der Waals surface area (Å²) in [6, 6.07) is 1.71. The van der Waals surface area contributed by atoms with Gasteiger partial charge in [-0.25, -0.2) is 9.78 Å². The fourth-order valence-corrected chi connectivity index (χ4v) is 3.05. The van der Waals surface area contributed by atoms with Crippen molar-refractivity contribution < 1.29 is 24.1 Å². The number of nitrogens with two attached hydrogens (primary N) is 1. The number of fused-ring (bicyclic) bond motifs is 1. The minimum atomic E-state index is -1.51. The third kappa shape index (κ3) is 3.64. The number of hydrogen-bond donors (Lipinski definition) is 2. The van der Waals surface area contributed by atoms with Gasteiger partial charge in [0.05, 0.1) is 12.0 Å². The lowest BCUT2D eigenvalue weighted by Gasteiger charge is -2.25. The minimum Gasteiger partial charge on any atom is -0.434 e. The molecule has 10 heteroatoms. The van der Waals surface area contributed by atoms with Crippen LogP contribution in [0.3, 0.4) is 0 Å². The quantitative estimate of drug-likeness (QED) is 0.448.